The van der Waals surface area contributed by atoms with Gasteiger partial charge in [0, 0.05) is 47.5 Å². The van der Waals surface area contributed by atoms with Gasteiger partial charge in [-0.2, -0.15) is 0 Å². The Morgan fingerprint density at radius 1 is 1.23 bits per heavy atom. The summed E-state index contributed by atoms with van der Waals surface area (Å²) in [7, 11) is 5.22. The van der Waals surface area contributed by atoms with Crippen molar-refractivity contribution in [2.75, 3.05) is 38.4 Å². The van der Waals surface area contributed by atoms with Gasteiger partial charge in [-0.3, -0.25) is 4.79 Å². The maximum Gasteiger partial charge on any atom is 0.248 e. The molecule has 0 aliphatic heterocycles. The number of benzene rings is 2. The molecule has 4 aromatic rings. The summed E-state index contributed by atoms with van der Waals surface area (Å²) in [4.78, 5) is 26.5. The van der Waals surface area contributed by atoms with Crippen LogP contribution in [0.5, 0.6) is 5.75 Å². The molecule has 2 aromatic heterocycles. The molecule has 2 heterocycles. The molecule has 0 atom stereocenters. The molecule has 0 spiro atoms. The molecule has 8 nitrogen and oxygen atoms in total. The molecule has 0 saturated carbocycles. The number of carbonyl (C=O) groups excluding carboxylic acids is 1. The predicted octanol–water partition coefficient (Wildman–Crippen LogP) is 4.88. The van der Waals surface area contributed by atoms with Gasteiger partial charge in [-0.05, 0) is 38.7 Å². The van der Waals surface area contributed by atoms with Crippen LogP contribution in [0.4, 0.5) is 21.7 Å². The molecule has 0 unspecified atom stereocenters. The van der Waals surface area contributed by atoms with E-state index in [2.05, 4.69) is 20.6 Å². The Bertz CT molecular complexity index is 1400. The number of H-pyrrole nitrogens is 1. The number of halogens is 1. The molecule has 0 fully saturated rings. The van der Waals surface area contributed by atoms with E-state index in [0.717, 1.165) is 27.7 Å². The molecule has 3 N–H and O–H groups in total. The Morgan fingerprint density at radius 3 is 2.80 bits per heavy atom. The fourth-order valence-corrected chi connectivity index (χ4v) is 3.63. The van der Waals surface area contributed by atoms with Gasteiger partial charge < -0.3 is 25.3 Å². The number of nitrogens with zero attached hydrogens (tertiary/aromatic N) is 3. The van der Waals surface area contributed by atoms with Crippen molar-refractivity contribution in [3.63, 3.8) is 0 Å². The molecule has 0 aliphatic rings. The van der Waals surface area contributed by atoms with Gasteiger partial charge in [0.25, 0.3) is 0 Å². The normalized spacial score (nSPS) is 11.4. The van der Waals surface area contributed by atoms with Gasteiger partial charge in [0.2, 0.25) is 11.9 Å². The van der Waals surface area contributed by atoms with Gasteiger partial charge in [0.1, 0.15) is 5.75 Å². The minimum Gasteiger partial charge on any atom is -0.494 e. The average Bonchev–Trinajstić information content (AvgIpc) is 3.26. The Hall–Kier alpha value is -4.24. The third-order valence-corrected chi connectivity index (χ3v) is 5.35. The Balaban J connectivity index is 1.63. The molecule has 2 aromatic carbocycles. The number of methoxy groups -OCH3 is 1. The zero-order valence-corrected chi connectivity index (χ0v) is 20.0. The van der Waals surface area contributed by atoms with Crippen LogP contribution in [0, 0.1) is 12.7 Å². The molecule has 0 bridgehead atoms. The molecule has 1 amide bonds. The van der Waals surface area contributed by atoms with E-state index in [4.69, 9.17) is 9.72 Å². The highest BCUT2D eigenvalue weighted by Gasteiger charge is 2.15. The minimum absolute atomic E-state index is 0.0109. The van der Waals surface area contributed by atoms with E-state index in [9.17, 15) is 9.18 Å². The summed E-state index contributed by atoms with van der Waals surface area (Å²) in [5.41, 5.74) is 4.05. The summed E-state index contributed by atoms with van der Waals surface area (Å²) in [5.74, 6) is -0.494. The molecule has 9 heteroatoms. The van der Waals surface area contributed by atoms with Crippen LogP contribution < -0.4 is 15.4 Å². The minimum atomic E-state index is -0.619. The number of aromatic amines is 1. The van der Waals surface area contributed by atoms with E-state index in [1.165, 1.54) is 25.3 Å². The van der Waals surface area contributed by atoms with Gasteiger partial charge in [-0.25, -0.2) is 14.4 Å². The summed E-state index contributed by atoms with van der Waals surface area (Å²) >= 11 is 0. The fourth-order valence-electron chi connectivity index (χ4n) is 3.63. The number of hydrogen-bond donors (Lipinski definition) is 3. The summed E-state index contributed by atoms with van der Waals surface area (Å²) < 4.78 is 20.0. The van der Waals surface area contributed by atoms with Gasteiger partial charge in [0.15, 0.2) is 5.82 Å². The highest BCUT2D eigenvalue weighted by molar-refractivity contribution is 6.00. The first-order valence-corrected chi connectivity index (χ1v) is 11.0. The number of hydrogen-bond acceptors (Lipinski definition) is 6. The number of nitrogens with one attached hydrogen (secondary N) is 3. The second-order valence-electron chi connectivity index (χ2n) is 8.28. The van der Waals surface area contributed by atoms with Crippen LogP contribution in [0.3, 0.4) is 0 Å². The van der Waals surface area contributed by atoms with Crippen LogP contribution in [0.25, 0.3) is 22.2 Å². The number of ether oxygens (including phenoxy) is 1. The van der Waals surface area contributed by atoms with Crippen molar-refractivity contribution in [2.45, 2.75) is 6.92 Å². The van der Waals surface area contributed by atoms with Gasteiger partial charge in [-0.1, -0.05) is 24.3 Å². The fraction of sp³-hybridized carbons (Fsp3) is 0.192. The van der Waals surface area contributed by atoms with Crippen LogP contribution >= 0.6 is 0 Å². The van der Waals surface area contributed by atoms with Crippen molar-refractivity contribution >= 4 is 34.1 Å². The smallest absolute Gasteiger partial charge is 0.248 e. The molecular weight excluding hydrogens is 447 g/mol. The molecule has 180 valence electrons. The Kier molecular flexibility index (Phi) is 7.07. The SMILES string of the molecule is COc1cc(F)c(NC(=O)/C=C/CN(C)C)cc1Nc1ncc(C)c(-c2c[nH]c3ccccc23)n1. The van der Waals surface area contributed by atoms with E-state index >= 15 is 0 Å². The van der Waals surface area contributed by atoms with E-state index in [0.29, 0.717) is 18.2 Å². The van der Waals surface area contributed by atoms with Crippen molar-refractivity contribution in [2.24, 2.45) is 0 Å². The molecule has 0 saturated heterocycles. The summed E-state index contributed by atoms with van der Waals surface area (Å²) in [6.07, 6.45) is 6.70. The van der Waals surface area contributed by atoms with Crippen molar-refractivity contribution in [1.82, 2.24) is 19.9 Å². The maximum absolute atomic E-state index is 14.6. The highest BCUT2D eigenvalue weighted by Crippen LogP contribution is 2.34. The quantitative estimate of drug-likeness (QED) is 0.315. The second-order valence-corrected chi connectivity index (χ2v) is 8.28. The van der Waals surface area contributed by atoms with E-state index in [1.807, 2.05) is 56.4 Å². The number of anilines is 3. The summed E-state index contributed by atoms with van der Waals surface area (Å²) in [5, 5.41) is 6.71. The topological polar surface area (TPSA) is 95.2 Å². The number of rotatable bonds is 8. The van der Waals surface area contributed by atoms with Crippen molar-refractivity contribution in [3.8, 4) is 17.0 Å². The lowest BCUT2D eigenvalue weighted by Crippen LogP contribution is -2.13. The van der Waals surface area contributed by atoms with Crippen LogP contribution in [0.1, 0.15) is 5.56 Å². The first kappa shape index (κ1) is 23.9. The standard InChI is InChI=1S/C26H27FN6O2/c1-16-14-29-26(32-25(16)18-15-28-20-9-6-5-8-17(18)20)31-22-13-21(19(27)12-23(22)35-4)30-24(34)10-7-11-33(2)3/h5-10,12-15,28H,11H2,1-4H3,(H,30,34)(H,29,31,32)/b10-7+. The number of aryl methyl sites for hydroxylation is 1. The maximum atomic E-state index is 14.6. The van der Waals surface area contributed by atoms with Gasteiger partial charge >= 0.3 is 0 Å². The zero-order chi connectivity index (χ0) is 24.9. The van der Waals surface area contributed by atoms with E-state index < -0.39 is 11.7 Å². The van der Waals surface area contributed by atoms with Crippen LogP contribution in [0.2, 0.25) is 0 Å². The number of para-hydroxylation sites is 1. The van der Waals surface area contributed by atoms with Crippen molar-refractivity contribution < 1.29 is 13.9 Å². The van der Waals surface area contributed by atoms with Crippen LogP contribution in [-0.4, -0.2) is 53.5 Å². The molecular formula is C26H27FN6O2. The molecule has 35 heavy (non-hydrogen) atoms. The Labute approximate surface area is 202 Å². The number of aromatic nitrogens is 3. The lowest BCUT2D eigenvalue weighted by Gasteiger charge is -2.14. The average molecular weight is 475 g/mol. The van der Waals surface area contributed by atoms with Crippen LogP contribution in [0.15, 0.2) is 60.9 Å². The molecule has 0 aliphatic carbocycles. The largest absolute Gasteiger partial charge is 0.494 e. The highest BCUT2D eigenvalue weighted by atomic mass is 19.1. The number of fused-ring (bicyclic) bond motifs is 1. The van der Waals surface area contributed by atoms with E-state index in [-0.39, 0.29) is 11.4 Å². The summed E-state index contributed by atoms with van der Waals surface area (Å²) in [6, 6.07) is 10.6. The number of carbonyl (C=O) groups is 1. The van der Waals surface area contributed by atoms with Crippen molar-refractivity contribution in [3.05, 3.63) is 72.3 Å². The number of likely N-dealkylation sites (N-methyl/N-ethyl adjacent to an activating group) is 1. The van der Waals surface area contributed by atoms with Crippen molar-refractivity contribution in [1.29, 1.82) is 0 Å². The monoisotopic (exact) mass is 474 g/mol. The third-order valence-electron chi connectivity index (χ3n) is 5.35. The van der Waals surface area contributed by atoms with E-state index in [1.54, 1.807) is 12.3 Å². The van der Waals surface area contributed by atoms with Gasteiger partial charge in [0.05, 0.1) is 24.2 Å². The predicted molar refractivity (Wildman–Crippen MR) is 137 cm³/mol. The third kappa shape index (κ3) is 5.47. The number of amides is 1. The second kappa shape index (κ2) is 10.4. The molecule has 0 radical (unpaired) electrons. The first-order valence-electron chi connectivity index (χ1n) is 11.0. The van der Waals surface area contributed by atoms with Crippen LogP contribution in [-0.2, 0) is 4.79 Å². The molecule has 4 rings (SSSR count). The van der Waals surface area contributed by atoms with Gasteiger partial charge in [-0.15, -0.1) is 0 Å². The lowest BCUT2D eigenvalue weighted by atomic mass is 10.1. The Morgan fingerprint density at radius 2 is 2.03 bits per heavy atom. The zero-order valence-electron chi connectivity index (χ0n) is 20.0. The lowest BCUT2D eigenvalue weighted by molar-refractivity contribution is -0.111. The first-order chi connectivity index (χ1) is 16.9. The summed E-state index contributed by atoms with van der Waals surface area (Å²) in [6.45, 7) is 2.53.